The number of nitrogens with one attached hydrogen (secondary N) is 3. The second-order valence-electron chi connectivity index (χ2n) is 5.81. The third-order valence-electron chi connectivity index (χ3n) is 3.58. The highest BCUT2D eigenvalue weighted by molar-refractivity contribution is 5.95. The molecule has 0 unspecified atom stereocenters. The molecule has 0 saturated heterocycles. The molecule has 0 saturated carbocycles. The summed E-state index contributed by atoms with van der Waals surface area (Å²) in [7, 11) is 0. The van der Waals surface area contributed by atoms with Gasteiger partial charge in [-0.25, -0.2) is 4.99 Å². The minimum Gasteiger partial charge on any atom is -0.357 e. The molecule has 0 heterocycles. The van der Waals surface area contributed by atoms with Crippen molar-refractivity contribution in [2.24, 2.45) is 4.99 Å². The van der Waals surface area contributed by atoms with Gasteiger partial charge in [-0.05, 0) is 37.6 Å². The summed E-state index contributed by atoms with van der Waals surface area (Å²) in [4.78, 5) is 16.7. The number of guanidine groups is 1. The number of hydrogen-bond donors (Lipinski definition) is 3. The van der Waals surface area contributed by atoms with Crippen LogP contribution in [0, 0.1) is 19.3 Å². The summed E-state index contributed by atoms with van der Waals surface area (Å²) in [5, 5.41) is 8.99. The van der Waals surface area contributed by atoms with Gasteiger partial charge < -0.3 is 16.0 Å². The Morgan fingerprint density at radius 1 is 1.15 bits per heavy atom. The second-order valence-corrected chi connectivity index (χ2v) is 5.81. The van der Waals surface area contributed by atoms with Gasteiger partial charge in [-0.3, -0.25) is 4.79 Å². The van der Waals surface area contributed by atoms with Crippen LogP contribution < -0.4 is 16.0 Å². The summed E-state index contributed by atoms with van der Waals surface area (Å²) in [6, 6.07) is 15.4. The van der Waals surface area contributed by atoms with Gasteiger partial charge in [-0.1, -0.05) is 41.8 Å². The van der Waals surface area contributed by atoms with E-state index in [1.165, 1.54) is 5.56 Å². The zero-order chi connectivity index (χ0) is 18.8. The van der Waals surface area contributed by atoms with Gasteiger partial charge in [0.25, 0.3) is 0 Å². The van der Waals surface area contributed by atoms with E-state index in [9.17, 15) is 4.79 Å². The summed E-state index contributed by atoms with van der Waals surface area (Å²) < 4.78 is 0. The quantitative estimate of drug-likeness (QED) is 0.427. The number of nitrogens with zero attached hydrogens (tertiary/aromatic N) is 1. The van der Waals surface area contributed by atoms with E-state index in [4.69, 9.17) is 6.42 Å². The molecule has 5 heteroatoms. The van der Waals surface area contributed by atoms with E-state index in [0.717, 1.165) is 11.1 Å². The van der Waals surface area contributed by atoms with Crippen LogP contribution in [0.5, 0.6) is 0 Å². The molecule has 2 aromatic carbocycles. The van der Waals surface area contributed by atoms with Crippen LogP contribution in [0.4, 0.5) is 5.69 Å². The number of rotatable bonds is 6. The standard InChI is InChI=1S/C21H24N4O/c1-4-17-9-7-11-19(13-17)25-20(26)15-24-21(22-5-2)23-14-18-10-6-8-16(3)12-18/h1,6-13H,5,14-15H2,2-3H3,(H,25,26)(H2,22,23,24). The van der Waals surface area contributed by atoms with Gasteiger partial charge in [0.2, 0.25) is 5.91 Å². The van der Waals surface area contributed by atoms with Crippen molar-refractivity contribution in [1.29, 1.82) is 0 Å². The molecule has 5 nitrogen and oxygen atoms in total. The largest absolute Gasteiger partial charge is 0.357 e. The number of terminal acetylenes is 1. The smallest absolute Gasteiger partial charge is 0.243 e. The molecule has 0 spiro atoms. The second kappa shape index (κ2) is 9.90. The molecule has 0 bridgehead atoms. The fourth-order valence-corrected chi connectivity index (χ4v) is 2.38. The molecule has 134 valence electrons. The van der Waals surface area contributed by atoms with Gasteiger partial charge in [0.1, 0.15) is 0 Å². The lowest BCUT2D eigenvalue weighted by Crippen LogP contribution is -2.41. The lowest BCUT2D eigenvalue weighted by molar-refractivity contribution is -0.115. The van der Waals surface area contributed by atoms with Crippen LogP contribution >= 0.6 is 0 Å². The molecule has 2 rings (SSSR count). The predicted octanol–water partition coefficient (Wildman–Crippen LogP) is 2.67. The Balaban J connectivity index is 1.91. The molecule has 3 N–H and O–H groups in total. The molecule has 0 aromatic heterocycles. The van der Waals surface area contributed by atoms with Crippen molar-refractivity contribution < 1.29 is 4.79 Å². The van der Waals surface area contributed by atoms with Crippen molar-refractivity contribution in [2.75, 3.05) is 18.4 Å². The van der Waals surface area contributed by atoms with Crippen LogP contribution in [0.3, 0.4) is 0 Å². The Bertz CT molecular complexity index is 821. The average molecular weight is 348 g/mol. The van der Waals surface area contributed by atoms with Crippen molar-refractivity contribution >= 4 is 17.6 Å². The summed E-state index contributed by atoms with van der Waals surface area (Å²) in [6.45, 7) is 5.40. The summed E-state index contributed by atoms with van der Waals surface area (Å²) >= 11 is 0. The zero-order valence-corrected chi connectivity index (χ0v) is 15.2. The van der Waals surface area contributed by atoms with Gasteiger partial charge in [0, 0.05) is 17.8 Å². The fourth-order valence-electron chi connectivity index (χ4n) is 2.38. The van der Waals surface area contributed by atoms with Crippen LogP contribution in [0.2, 0.25) is 0 Å². The number of hydrogen-bond acceptors (Lipinski definition) is 2. The monoisotopic (exact) mass is 348 g/mol. The SMILES string of the molecule is C#Cc1cccc(NC(=O)CNC(=NCc2cccc(C)c2)NCC)c1. The van der Waals surface area contributed by atoms with Gasteiger partial charge >= 0.3 is 0 Å². The number of amides is 1. The van der Waals surface area contributed by atoms with E-state index in [2.05, 4.69) is 45.9 Å². The molecule has 0 aliphatic heterocycles. The fraction of sp³-hybridized carbons (Fsp3) is 0.238. The third kappa shape index (κ3) is 6.33. The van der Waals surface area contributed by atoms with Crippen LogP contribution in [-0.4, -0.2) is 25.0 Å². The Morgan fingerprint density at radius 3 is 2.69 bits per heavy atom. The number of aryl methyl sites for hydroxylation is 1. The molecule has 0 atom stereocenters. The number of carbonyl (C=O) groups is 1. The molecule has 2 aromatic rings. The highest BCUT2D eigenvalue weighted by Gasteiger charge is 2.05. The van der Waals surface area contributed by atoms with Crippen LogP contribution in [0.15, 0.2) is 53.5 Å². The maximum atomic E-state index is 12.1. The third-order valence-corrected chi connectivity index (χ3v) is 3.58. The minimum absolute atomic E-state index is 0.111. The summed E-state index contributed by atoms with van der Waals surface area (Å²) in [5.41, 5.74) is 3.72. The van der Waals surface area contributed by atoms with Crippen LogP contribution in [0.1, 0.15) is 23.6 Å². The van der Waals surface area contributed by atoms with Crippen molar-refractivity contribution in [3.63, 3.8) is 0 Å². The molecule has 0 aliphatic rings. The maximum Gasteiger partial charge on any atom is 0.243 e. The molecule has 0 radical (unpaired) electrons. The number of aliphatic imine (C=N–C) groups is 1. The van der Waals surface area contributed by atoms with E-state index < -0.39 is 0 Å². The first-order valence-electron chi connectivity index (χ1n) is 8.55. The van der Waals surface area contributed by atoms with Crippen molar-refractivity contribution in [1.82, 2.24) is 10.6 Å². The predicted molar refractivity (Wildman–Crippen MR) is 107 cm³/mol. The average Bonchev–Trinajstić information content (AvgIpc) is 2.64. The Kier molecular flexibility index (Phi) is 7.26. The molecule has 1 amide bonds. The number of carbonyl (C=O) groups excluding carboxylic acids is 1. The Labute approximate surface area is 154 Å². The number of anilines is 1. The molecule has 26 heavy (non-hydrogen) atoms. The van der Waals surface area contributed by atoms with E-state index in [1.54, 1.807) is 12.1 Å². The van der Waals surface area contributed by atoms with Crippen LogP contribution in [-0.2, 0) is 11.3 Å². The highest BCUT2D eigenvalue weighted by atomic mass is 16.1. The Hall–Kier alpha value is -3.26. The van der Waals surface area contributed by atoms with Gasteiger partial charge in [0.15, 0.2) is 5.96 Å². The Morgan fingerprint density at radius 2 is 1.96 bits per heavy atom. The highest BCUT2D eigenvalue weighted by Crippen LogP contribution is 2.09. The van der Waals surface area contributed by atoms with Gasteiger partial charge in [0.05, 0.1) is 13.1 Å². The molecular weight excluding hydrogens is 324 g/mol. The van der Waals surface area contributed by atoms with E-state index >= 15 is 0 Å². The first kappa shape index (κ1) is 19.1. The topological polar surface area (TPSA) is 65.5 Å². The lowest BCUT2D eigenvalue weighted by Gasteiger charge is -2.12. The number of benzene rings is 2. The maximum absolute atomic E-state index is 12.1. The van der Waals surface area contributed by atoms with Crippen molar-refractivity contribution in [3.05, 3.63) is 65.2 Å². The van der Waals surface area contributed by atoms with Gasteiger partial charge in [-0.2, -0.15) is 0 Å². The summed E-state index contributed by atoms with van der Waals surface area (Å²) in [5.74, 6) is 2.98. The molecule has 0 aliphatic carbocycles. The first-order chi connectivity index (χ1) is 12.6. The van der Waals surface area contributed by atoms with E-state index in [0.29, 0.717) is 24.7 Å². The summed E-state index contributed by atoms with van der Waals surface area (Å²) in [6.07, 6.45) is 5.37. The van der Waals surface area contributed by atoms with E-state index in [-0.39, 0.29) is 12.5 Å². The minimum atomic E-state index is -0.166. The lowest BCUT2D eigenvalue weighted by atomic mass is 10.1. The first-order valence-corrected chi connectivity index (χ1v) is 8.55. The van der Waals surface area contributed by atoms with Crippen LogP contribution in [0.25, 0.3) is 0 Å². The van der Waals surface area contributed by atoms with E-state index in [1.807, 2.05) is 31.2 Å². The molecular formula is C21H24N4O. The zero-order valence-electron chi connectivity index (χ0n) is 15.2. The van der Waals surface area contributed by atoms with Crippen molar-refractivity contribution in [3.8, 4) is 12.3 Å². The molecule has 0 fully saturated rings. The normalized spacial score (nSPS) is 10.7. The van der Waals surface area contributed by atoms with Gasteiger partial charge in [-0.15, -0.1) is 6.42 Å². The van der Waals surface area contributed by atoms with Crippen molar-refractivity contribution in [2.45, 2.75) is 20.4 Å².